The summed E-state index contributed by atoms with van der Waals surface area (Å²) in [6.45, 7) is 1.16. The third kappa shape index (κ3) is 2.16. The van der Waals surface area contributed by atoms with Gasteiger partial charge in [-0.3, -0.25) is 0 Å². The Kier molecular flexibility index (Phi) is 3.23. The van der Waals surface area contributed by atoms with Crippen LogP contribution in [-0.2, 0) is 0 Å². The van der Waals surface area contributed by atoms with Gasteiger partial charge in [0.1, 0.15) is 28.9 Å². The Morgan fingerprint density at radius 3 is 2.43 bits per heavy atom. The van der Waals surface area contributed by atoms with E-state index in [9.17, 15) is 8.78 Å². The van der Waals surface area contributed by atoms with E-state index in [0.29, 0.717) is 18.9 Å². The highest BCUT2D eigenvalue weighted by atomic mass is 35.5. The molecule has 4 rings (SSSR count). The molecular weight excluding hydrogens is 324 g/mol. The van der Waals surface area contributed by atoms with Crippen molar-refractivity contribution in [2.45, 2.75) is 0 Å². The first-order valence-electron chi connectivity index (χ1n) is 6.90. The van der Waals surface area contributed by atoms with E-state index in [0.717, 1.165) is 0 Å². The first-order chi connectivity index (χ1) is 11.2. The lowest BCUT2D eigenvalue weighted by Gasteiger charge is -2.22. The topological polar surface area (TPSA) is 46.3 Å². The molecule has 1 aliphatic rings. The highest BCUT2D eigenvalue weighted by molar-refractivity contribution is 6.33. The zero-order valence-corrected chi connectivity index (χ0v) is 12.5. The molecule has 116 valence electrons. The van der Waals surface area contributed by atoms with Crippen molar-refractivity contribution in [3.05, 3.63) is 53.5 Å². The predicted octanol–water partition coefficient (Wildman–Crippen LogP) is 3.10. The molecule has 0 spiro atoms. The fraction of sp³-hybridized carbons (Fsp3) is 0.133. The van der Waals surface area contributed by atoms with Crippen molar-refractivity contribution in [2.24, 2.45) is 0 Å². The Bertz CT molecular complexity index is 909. The molecule has 23 heavy (non-hydrogen) atoms. The van der Waals surface area contributed by atoms with Gasteiger partial charge in [0.15, 0.2) is 0 Å². The Morgan fingerprint density at radius 2 is 1.74 bits per heavy atom. The van der Waals surface area contributed by atoms with Crippen molar-refractivity contribution in [1.29, 1.82) is 0 Å². The predicted molar refractivity (Wildman–Crippen MR) is 82.5 cm³/mol. The fourth-order valence-corrected chi connectivity index (χ4v) is 2.95. The van der Waals surface area contributed by atoms with E-state index < -0.39 is 11.6 Å². The summed E-state index contributed by atoms with van der Waals surface area (Å²) >= 11 is 6.25. The van der Waals surface area contributed by atoms with Crippen LogP contribution < -0.4 is 4.90 Å². The molecule has 3 heterocycles. The second-order valence-corrected chi connectivity index (χ2v) is 5.40. The summed E-state index contributed by atoms with van der Waals surface area (Å²) in [6.07, 6.45) is 5.24. The Balaban J connectivity index is 2.09. The lowest BCUT2D eigenvalue weighted by molar-refractivity contribution is 0.589. The molecule has 0 saturated heterocycles. The molecule has 1 aromatic carbocycles. The van der Waals surface area contributed by atoms with Gasteiger partial charge in [-0.15, -0.1) is 0 Å². The molecule has 3 aromatic rings. The minimum absolute atomic E-state index is 0.0172. The highest BCUT2D eigenvalue weighted by Crippen LogP contribution is 2.39. The van der Waals surface area contributed by atoms with Crippen LogP contribution in [0.1, 0.15) is 0 Å². The summed E-state index contributed by atoms with van der Waals surface area (Å²) in [5, 5.41) is 4.10. The molecule has 0 bridgehead atoms. The maximum absolute atomic E-state index is 14.3. The molecule has 1 aliphatic heterocycles. The van der Waals surface area contributed by atoms with Gasteiger partial charge in [0.2, 0.25) is 0 Å². The van der Waals surface area contributed by atoms with Crippen LogP contribution in [0, 0.1) is 11.6 Å². The van der Waals surface area contributed by atoms with Crippen LogP contribution in [0.25, 0.3) is 16.9 Å². The molecule has 0 aliphatic carbocycles. The third-order valence-electron chi connectivity index (χ3n) is 3.69. The maximum Gasteiger partial charge on any atom is 0.255 e. The number of rotatable bonds is 2. The van der Waals surface area contributed by atoms with Crippen LogP contribution in [0.2, 0.25) is 5.15 Å². The summed E-state index contributed by atoms with van der Waals surface area (Å²) in [6, 6.07) is 3.68. The second kappa shape index (κ2) is 5.27. The molecule has 0 radical (unpaired) electrons. The first kappa shape index (κ1) is 14.1. The van der Waals surface area contributed by atoms with Gasteiger partial charge in [-0.1, -0.05) is 29.8 Å². The Morgan fingerprint density at radius 1 is 1.04 bits per heavy atom. The standard InChI is InChI=1S/C15H10ClF2N5/c16-13-12(11-9(17)4-3-5-10(11)18)14(22-6-1-2-7-22)23-15(21-13)19-8-20-23/h1-5,8H,6-7H2. The van der Waals surface area contributed by atoms with E-state index >= 15 is 0 Å². The minimum atomic E-state index is -0.707. The quantitative estimate of drug-likeness (QED) is 0.534. The van der Waals surface area contributed by atoms with Crippen LogP contribution in [0.3, 0.4) is 0 Å². The minimum Gasteiger partial charge on any atom is -0.348 e. The van der Waals surface area contributed by atoms with E-state index in [1.54, 1.807) is 0 Å². The number of nitrogens with zero attached hydrogens (tertiary/aromatic N) is 5. The van der Waals surface area contributed by atoms with Gasteiger partial charge in [-0.05, 0) is 12.1 Å². The summed E-state index contributed by atoms with van der Waals surface area (Å²) in [7, 11) is 0. The maximum atomic E-state index is 14.3. The van der Waals surface area contributed by atoms with Crippen LogP contribution in [0.15, 0.2) is 36.7 Å². The number of anilines is 1. The average Bonchev–Trinajstić information content (AvgIpc) is 3.18. The van der Waals surface area contributed by atoms with Gasteiger partial charge in [-0.2, -0.15) is 19.6 Å². The fourth-order valence-electron chi connectivity index (χ4n) is 2.70. The van der Waals surface area contributed by atoms with E-state index in [1.165, 1.54) is 29.0 Å². The summed E-state index contributed by atoms with van der Waals surface area (Å²) < 4.78 is 30.1. The summed E-state index contributed by atoms with van der Waals surface area (Å²) in [4.78, 5) is 10.0. The third-order valence-corrected chi connectivity index (χ3v) is 3.96. The summed E-state index contributed by atoms with van der Waals surface area (Å²) in [5.41, 5.74) is -0.0479. The van der Waals surface area contributed by atoms with Crippen LogP contribution in [0.5, 0.6) is 0 Å². The second-order valence-electron chi connectivity index (χ2n) is 5.05. The molecule has 2 aromatic heterocycles. The zero-order valence-electron chi connectivity index (χ0n) is 11.7. The van der Waals surface area contributed by atoms with E-state index in [1.807, 2.05) is 17.1 Å². The lowest BCUT2D eigenvalue weighted by Crippen LogP contribution is -2.23. The molecule has 0 N–H and O–H groups in total. The highest BCUT2D eigenvalue weighted by Gasteiger charge is 2.26. The Labute approximate surface area is 134 Å². The number of hydrogen-bond acceptors (Lipinski definition) is 4. The molecular formula is C15H10ClF2N5. The van der Waals surface area contributed by atoms with Gasteiger partial charge in [-0.25, -0.2) is 8.78 Å². The van der Waals surface area contributed by atoms with Crippen molar-refractivity contribution in [3.63, 3.8) is 0 Å². The molecule has 0 amide bonds. The van der Waals surface area contributed by atoms with Crippen LogP contribution in [-0.4, -0.2) is 32.7 Å². The monoisotopic (exact) mass is 333 g/mol. The lowest BCUT2D eigenvalue weighted by atomic mass is 10.1. The van der Waals surface area contributed by atoms with E-state index in [2.05, 4.69) is 15.1 Å². The SMILES string of the molecule is Fc1cccc(F)c1-c1c(Cl)nc2ncnn2c1N1CC=CC1. The first-order valence-corrected chi connectivity index (χ1v) is 7.28. The van der Waals surface area contributed by atoms with Gasteiger partial charge >= 0.3 is 0 Å². The van der Waals surface area contributed by atoms with Gasteiger partial charge in [0, 0.05) is 13.1 Å². The zero-order chi connectivity index (χ0) is 16.0. The molecule has 8 heteroatoms. The van der Waals surface area contributed by atoms with Gasteiger partial charge < -0.3 is 4.90 Å². The molecule has 0 saturated carbocycles. The molecule has 0 unspecified atom stereocenters. The number of fused-ring (bicyclic) bond motifs is 1. The van der Waals surface area contributed by atoms with Crippen LogP contribution in [0.4, 0.5) is 14.6 Å². The van der Waals surface area contributed by atoms with Crippen molar-refractivity contribution in [2.75, 3.05) is 18.0 Å². The normalized spacial score (nSPS) is 14.1. The average molecular weight is 334 g/mol. The summed E-state index contributed by atoms with van der Waals surface area (Å²) in [5.74, 6) is -0.674. The van der Waals surface area contributed by atoms with Gasteiger partial charge in [0.25, 0.3) is 5.78 Å². The molecule has 5 nitrogen and oxygen atoms in total. The number of hydrogen-bond donors (Lipinski definition) is 0. The van der Waals surface area contributed by atoms with Gasteiger partial charge in [0.05, 0.1) is 11.1 Å². The largest absolute Gasteiger partial charge is 0.348 e. The number of aromatic nitrogens is 4. The Hall–Kier alpha value is -2.54. The van der Waals surface area contributed by atoms with Crippen LogP contribution >= 0.6 is 11.6 Å². The number of halogens is 3. The molecule has 0 fully saturated rings. The van der Waals surface area contributed by atoms with Crippen molar-refractivity contribution >= 4 is 23.2 Å². The van der Waals surface area contributed by atoms with Crippen molar-refractivity contribution in [1.82, 2.24) is 19.6 Å². The number of benzene rings is 1. The van der Waals surface area contributed by atoms with Crippen molar-refractivity contribution in [3.8, 4) is 11.1 Å². The van der Waals surface area contributed by atoms with E-state index in [4.69, 9.17) is 11.6 Å². The van der Waals surface area contributed by atoms with E-state index in [-0.39, 0.29) is 22.1 Å². The molecule has 0 atom stereocenters. The van der Waals surface area contributed by atoms with Crippen molar-refractivity contribution < 1.29 is 8.78 Å². The smallest absolute Gasteiger partial charge is 0.255 e.